The number of ether oxygens (including phenoxy) is 3. The van der Waals surface area contributed by atoms with Crippen LogP contribution in [-0.4, -0.2) is 36.2 Å². The van der Waals surface area contributed by atoms with Gasteiger partial charge >= 0.3 is 12.1 Å². The predicted molar refractivity (Wildman–Crippen MR) is 153 cm³/mol. The monoisotopic (exact) mass is 540 g/mol. The molecule has 8 nitrogen and oxygen atoms in total. The van der Waals surface area contributed by atoms with E-state index in [1.54, 1.807) is 45.0 Å². The largest absolute Gasteiger partial charge is 0.494 e. The van der Waals surface area contributed by atoms with Crippen LogP contribution in [0.3, 0.4) is 0 Å². The molecule has 0 heterocycles. The van der Waals surface area contributed by atoms with Crippen LogP contribution in [0.15, 0.2) is 54.6 Å². The number of nitrogens with one attached hydrogen (secondary N) is 2. The number of hydrogen-bond donors (Lipinski definition) is 2. The number of anilines is 1. The van der Waals surface area contributed by atoms with E-state index in [1.807, 2.05) is 30.3 Å². The Kier molecular flexibility index (Phi) is 13.9. The minimum Gasteiger partial charge on any atom is -0.494 e. The van der Waals surface area contributed by atoms with Gasteiger partial charge in [-0.05, 0) is 63.4 Å². The Balaban J connectivity index is 1.88. The average molecular weight is 541 g/mol. The van der Waals surface area contributed by atoms with Crippen LogP contribution in [0.5, 0.6) is 5.75 Å². The number of benzene rings is 2. The lowest BCUT2D eigenvalue weighted by molar-refractivity contribution is -0.145. The van der Waals surface area contributed by atoms with Gasteiger partial charge in [0.25, 0.3) is 0 Å². The summed E-state index contributed by atoms with van der Waals surface area (Å²) in [6.07, 6.45) is 6.44. The van der Waals surface area contributed by atoms with Crippen LogP contribution in [0.25, 0.3) is 0 Å². The van der Waals surface area contributed by atoms with Gasteiger partial charge in [0, 0.05) is 12.1 Å². The molecule has 2 N–H and O–H groups in total. The highest BCUT2D eigenvalue weighted by Crippen LogP contribution is 2.17. The zero-order valence-corrected chi connectivity index (χ0v) is 23.8. The first-order valence-corrected chi connectivity index (χ1v) is 13.9. The third kappa shape index (κ3) is 14.3. The molecule has 0 spiro atoms. The molecule has 0 aromatic heterocycles. The second-order valence-corrected chi connectivity index (χ2v) is 10.5. The summed E-state index contributed by atoms with van der Waals surface area (Å²) in [4.78, 5) is 37.7. The molecule has 39 heavy (non-hydrogen) atoms. The number of alkyl carbamates (subject to hydrolysis) is 1. The first-order chi connectivity index (χ1) is 18.7. The Morgan fingerprint density at radius 3 is 2.21 bits per heavy atom. The van der Waals surface area contributed by atoms with Crippen molar-refractivity contribution in [3.63, 3.8) is 0 Å². The van der Waals surface area contributed by atoms with Crippen molar-refractivity contribution < 1.29 is 28.6 Å². The normalized spacial score (nSPS) is 11.8. The Morgan fingerprint density at radius 1 is 0.872 bits per heavy atom. The zero-order valence-electron chi connectivity index (χ0n) is 23.8. The van der Waals surface area contributed by atoms with E-state index >= 15 is 0 Å². The van der Waals surface area contributed by atoms with Gasteiger partial charge in [0.05, 0.1) is 6.61 Å². The summed E-state index contributed by atoms with van der Waals surface area (Å²) in [5.41, 5.74) is 0.686. The zero-order chi connectivity index (χ0) is 28.5. The van der Waals surface area contributed by atoms with Crippen LogP contribution in [0.2, 0.25) is 0 Å². The minimum atomic E-state index is -0.993. The van der Waals surface area contributed by atoms with Gasteiger partial charge in [-0.2, -0.15) is 0 Å². The maximum absolute atomic E-state index is 13.0. The van der Waals surface area contributed by atoms with Crippen molar-refractivity contribution in [3.8, 4) is 5.75 Å². The summed E-state index contributed by atoms with van der Waals surface area (Å²) in [6, 6.07) is 15.4. The molecule has 8 heteroatoms. The molecule has 2 rings (SSSR count). The summed E-state index contributed by atoms with van der Waals surface area (Å²) in [5, 5.41) is 5.38. The number of rotatable bonds is 16. The number of esters is 1. The lowest BCUT2D eigenvalue weighted by Crippen LogP contribution is -2.46. The van der Waals surface area contributed by atoms with Crippen LogP contribution in [0, 0.1) is 0 Å². The first-order valence-electron chi connectivity index (χ1n) is 13.9. The van der Waals surface area contributed by atoms with E-state index in [4.69, 9.17) is 14.2 Å². The van der Waals surface area contributed by atoms with Gasteiger partial charge in [0.1, 0.15) is 24.0 Å². The quantitative estimate of drug-likeness (QED) is 0.180. The first kappa shape index (κ1) is 31.7. The molecule has 0 aliphatic carbocycles. The molecular weight excluding hydrogens is 496 g/mol. The van der Waals surface area contributed by atoms with Gasteiger partial charge in [-0.3, -0.25) is 9.59 Å². The number of carbonyl (C=O) groups is 3. The van der Waals surface area contributed by atoms with Crippen LogP contribution in [0.4, 0.5) is 10.5 Å². The Bertz CT molecular complexity index is 1000. The standard InChI is InChI=1S/C31H44N2O6/c1-5-6-7-8-9-13-22-37-26-18-16-25(17-19-26)32-29(35)27(33-30(36)39-31(2,3)4)20-21-28(34)38-23-24-14-11-10-12-15-24/h10-12,14-19,27H,5-9,13,20-23H2,1-4H3,(H,32,35)(H,33,36). The molecule has 2 amide bonds. The summed E-state index contributed by atoms with van der Waals surface area (Å²) in [6.45, 7) is 8.20. The summed E-state index contributed by atoms with van der Waals surface area (Å²) >= 11 is 0. The molecule has 2 aromatic carbocycles. The lowest BCUT2D eigenvalue weighted by Gasteiger charge is -2.23. The second kappa shape index (κ2) is 17.1. The third-order valence-corrected chi connectivity index (χ3v) is 5.78. The SMILES string of the molecule is CCCCCCCCOc1ccc(NC(=O)C(CCC(=O)OCc2ccccc2)NC(=O)OC(C)(C)C)cc1. The molecular formula is C31H44N2O6. The van der Waals surface area contributed by atoms with Gasteiger partial charge < -0.3 is 24.8 Å². The average Bonchev–Trinajstić information content (AvgIpc) is 2.89. The van der Waals surface area contributed by atoms with Crippen LogP contribution in [0.1, 0.15) is 84.6 Å². The molecule has 1 unspecified atom stereocenters. The van der Waals surface area contributed by atoms with Crippen LogP contribution < -0.4 is 15.4 Å². The molecule has 0 saturated heterocycles. The summed E-state index contributed by atoms with van der Waals surface area (Å²) in [7, 11) is 0. The molecule has 2 aromatic rings. The fourth-order valence-electron chi connectivity index (χ4n) is 3.73. The van der Waals surface area contributed by atoms with Crippen molar-refractivity contribution in [3.05, 3.63) is 60.2 Å². The highest BCUT2D eigenvalue weighted by atomic mass is 16.6. The fraction of sp³-hybridized carbons (Fsp3) is 0.516. The van der Waals surface area contributed by atoms with E-state index in [9.17, 15) is 14.4 Å². The molecule has 214 valence electrons. The topological polar surface area (TPSA) is 103 Å². The Hall–Kier alpha value is -3.55. The molecule has 0 aliphatic rings. The van der Waals surface area contributed by atoms with Crippen LogP contribution >= 0.6 is 0 Å². The van der Waals surface area contributed by atoms with Crippen LogP contribution in [-0.2, 0) is 25.7 Å². The van der Waals surface area contributed by atoms with E-state index in [0.717, 1.165) is 24.2 Å². The maximum atomic E-state index is 13.0. The molecule has 1 atom stereocenters. The number of amides is 2. The predicted octanol–water partition coefficient (Wildman–Crippen LogP) is 6.78. The van der Waals surface area contributed by atoms with Gasteiger partial charge in [-0.1, -0.05) is 69.4 Å². The summed E-state index contributed by atoms with van der Waals surface area (Å²) < 4.78 is 16.4. The van der Waals surface area contributed by atoms with Crippen molar-refractivity contribution in [2.24, 2.45) is 0 Å². The Labute approximate surface area is 232 Å². The van der Waals surface area contributed by atoms with E-state index in [1.165, 1.54) is 25.7 Å². The van der Waals surface area contributed by atoms with Gasteiger partial charge in [-0.25, -0.2) is 4.79 Å². The van der Waals surface area contributed by atoms with Crippen molar-refractivity contribution in [2.75, 3.05) is 11.9 Å². The number of carbonyl (C=O) groups excluding carboxylic acids is 3. The van der Waals surface area contributed by atoms with E-state index in [0.29, 0.717) is 12.3 Å². The molecule has 0 bridgehead atoms. The molecule has 0 fully saturated rings. The van der Waals surface area contributed by atoms with E-state index in [2.05, 4.69) is 17.6 Å². The number of unbranched alkanes of at least 4 members (excludes halogenated alkanes) is 5. The van der Waals surface area contributed by atoms with Gasteiger partial charge in [0.15, 0.2) is 0 Å². The van der Waals surface area contributed by atoms with E-state index in [-0.39, 0.29) is 19.4 Å². The molecule has 0 aliphatic heterocycles. The summed E-state index contributed by atoms with van der Waals surface area (Å²) in [5.74, 6) is -0.196. The maximum Gasteiger partial charge on any atom is 0.408 e. The number of hydrogen-bond acceptors (Lipinski definition) is 6. The molecule has 0 radical (unpaired) electrons. The highest BCUT2D eigenvalue weighted by Gasteiger charge is 2.25. The second-order valence-electron chi connectivity index (χ2n) is 10.5. The Morgan fingerprint density at radius 2 is 1.54 bits per heavy atom. The van der Waals surface area contributed by atoms with E-state index < -0.39 is 29.6 Å². The van der Waals surface area contributed by atoms with Crippen molar-refractivity contribution >= 4 is 23.7 Å². The lowest BCUT2D eigenvalue weighted by atomic mass is 10.1. The minimum absolute atomic E-state index is 0.0497. The third-order valence-electron chi connectivity index (χ3n) is 5.78. The van der Waals surface area contributed by atoms with Gasteiger partial charge in [0.2, 0.25) is 5.91 Å². The fourth-order valence-corrected chi connectivity index (χ4v) is 3.73. The smallest absolute Gasteiger partial charge is 0.408 e. The van der Waals surface area contributed by atoms with Crippen molar-refractivity contribution in [1.29, 1.82) is 0 Å². The highest BCUT2D eigenvalue weighted by molar-refractivity contribution is 5.96. The van der Waals surface area contributed by atoms with Gasteiger partial charge in [-0.15, -0.1) is 0 Å². The van der Waals surface area contributed by atoms with Crippen molar-refractivity contribution in [2.45, 2.75) is 97.3 Å². The molecule has 0 saturated carbocycles. The van der Waals surface area contributed by atoms with Crippen molar-refractivity contribution in [1.82, 2.24) is 5.32 Å².